The molecule has 0 spiro atoms. The monoisotopic (exact) mass is 300 g/mol. The van der Waals surface area contributed by atoms with E-state index in [1.807, 2.05) is 4.90 Å². The fourth-order valence-electron chi connectivity index (χ4n) is 2.57. The highest BCUT2D eigenvalue weighted by atomic mass is 35.5. The number of hydrogen-bond donors (Lipinski definition) is 1. The maximum Gasteiger partial charge on any atom is 0.254 e. The minimum absolute atomic E-state index is 0. The molecule has 20 heavy (non-hydrogen) atoms. The normalized spacial score (nSPS) is 15.5. The molecule has 1 aliphatic rings. The van der Waals surface area contributed by atoms with E-state index in [9.17, 15) is 9.18 Å². The van der Waals surface area contributed by atoms with Crippen LogP contribution in [0.1, 0.15) is 36.5 Å². The largest absolute Gasteiger partial charge is 0.336 e. The molecule has 0 unspecified atom stereocenters. The molecule has 112 valence electrons. The molecule has 0 saturated carbocycles. The Bertz CT molecular complexity index is 418. The fraction of sp³-hybridized carbons (Fsp3) is 0.533. The Kier molecular flexibility index (Phi) is 6.96. The van der Waals surface area contributed by atoms with Crippen molar-refractivity contribution in [2.24, 2.45) is 0 Å². The van der Waals surface area contributed by atoms with E-state index in [1.54, 1.807) is 12.1 Å². The first kappa shape index (κ1) is 16.9. The highest BCUT2D eigenvalue weighted by molar-refractivity contribution is 5.94. The van der Waals surface area contributed by atoms with E-state index < -0.39 is 0 Å². The van der Waals surface area contributed by atoms with Gasteiger partial charge in [0.1, 0.15) is 5.82 Å². The van der Waals surface area contributed by atoms with Crippen molar-refractivity contribution in [1.29, 1.82) is 0 Å². The summed E-state index contributed by atoms with van der Waals surface area (Å²) in [5, 5.41) is 3.31. The van der Waals surface area contributed by atoms with E-state index in [0.717, 1.165) is 38.9 Å². The van der Waals surface area contributed by atoms with Crippen molar-refractivity contribution >= 4 is 18.3 Å². The van der Waals surface area contributed by atoms with Gasteiger partial charge < -0.3 is 10.2 Å². The van der Waals surface area contributed by atoms with Crippen molar-refractivity contribution in [3.05, 3.63) is 35.6 Å². The summed E-state index contributed by atoms with van der Waals surface area (Å²) in [6.45, 7) is 4.76. The van der Waals surface area contributed by atoms with Crippen LogP contribution in [0.4, 0.5) is 4.39 Å². The molecule has 1 N–H and O–H groups in total. The summed E-state index contributed by atoms with van der Waals surface area (Å²) in [4.78, 5) is 14.5. The number of benzene rings is 1. The molecule has 0 bridgehead atoms. The molecule has 1 amide bonds. The second kappa shape index (κ2) is 8.22. The van der Waals surface area contributed by atoms with E-state index in [-0.39, 0.29) is 24.1 Å². The topological polar surface area (TPSA) is 32.3 Å². The minimum Gasteiger partial charge on any atom is -0.336 e. The van der Waals surface area contributed by atoms with Crippen molar-refractivity contribution < 1.29 is 9.18 Å². The van der Waals surface area contributed by atoms with Crippen LogP contribution in [0, 0.1) is 5.82 Å². The summed E-state index contributed by atoms with van der Waals surface area (Å²) in [7, 11) is 0. The Labute approximate surface area is 125 Å². The molecule has 0 aliphatic carbocycles. The minimum atomic E-state index is -0.305. The van der Waals surface area contributed by atoms with Gasteiger partial charge in [-0.2, -0.15) is 0 Å². The highest BCUT2D eigenvalue weighted by Crippen LogP contribution is 2.16. The van der Waals surface area contributed by atoms with Gasteiger partial charge in [0.05, 0.1) is 0 Å². The van der Waals surface area contributed by atoms with Gasteiger partial charge >= 0.3 is 0 Å². The van der Waals surface area contributed by atoms with Gasteiger partial charge in [-0.3, -0.25) is 4.79 Å². The molecule has 1 saturated heterocycles. The van der Waals surface area contributed by atoms with E-state index in [1.165, 1.54) is 12.1 Å². The number of halogens is 2. The van der Waals surface area contributed by atoms with Gasteiger partial charge in [0.25, 0.3) is 5.91 Å². The number of hydrogen-bond acceptors (Lipinski definition) is 2. The molecule has 0 radical (unpaired) electrons. The molecule has 5 heteroatoms. The Hall–Kier alpha value is -1.13. The Morgan fingerprint density at radius 2 is 1.90 bits per heavy atom. The molecule has 1 aromatic carbocycles. The summed E-state index contributed by atoms with van der Waals surface area (Å²) in [6.07, 6.45) is 2.93. The predicted molar refractivity (Wildman–Crippen MR) is 80.9 cm³/mol. The van der Waals surface area contributed by atoms with E-state index in [4.69, 9.17) is 0 Å². The first-order valence-corrected chi connectivity index (χ1v) is 6.99. The van der Waals surface area contributed by atoms with Crippen LogP contribution in [0.5, 0.6) is 0 Å². The number of rotatable bonds is 4. The van der Waals surface area contributed by atoms with Crippen LogP contribution < -0.4 is 5.32 Å². The average molecular weight is 301 g/mol. The average Bonchev–Trinajstić information content (AvgIpc) is 2.46. The number of carbonyl (C=O) groups excluding carboxylic acids is 1. The van der Waals surface area contributed by atoms with Crippen molar-refractivity contribution in [3.8, 4) is 0 Å². The van der Waals surface area contributed by atoms with Crippen molar-refractivity contribution in [3.63, 3.8) is 0 Å². The van der Waals surface area contributed by atoms with Gasteiger partial charge in [0.2, 0.25) is 0 Å². The SMILES string of the molecule is CCCN(C(=O)c1ccc(F)cc1)C1CCNCC1.Cl. The van der Waals surface area contributed by atoms with Crippen LogP contribution in [0.25, 0.3) is 0 Å². The molecule has 0 aromatic heterocycles. The highest BCUT2D eigenvalue weighted by Gasteiger charge is 2.25. The first-order chi connectivity index (χ1) is 9.22. The third kappa shape index (κ3) is 4.18. The number of piperidine rings is 1. The number of nitrogens with one attached hydrogen (secondary N) is 1. The standard InChI is InChI=1S/C15H21FN2O.ClH/c1-2-11-18(14-7-9-17-10-8-14)15(19)12-3-5-13(16)6-4-12;/h3-6,14,17H,2,7-11H2,1H3;1H. The Morgan fingerprint density at radius 3 is 2.45 bits per heavy atom. The second-order valence-electron chi connectivity index (χ2n) is 4.99. The summed E-state index contributed by atoms with van der Waals surface area (Å²) in [6, 6.07) is 6.14. The van der Waals surface area contributed by atoms with Crippen LogP contribution in [0.2, 0.25) is 0 Å². The zero-order valence-corrected chi connectivity index (χ0v) is 12.6. The maximum absolute atomic E-state index is 12.9. The zero-order chi connectivity index (χ0) is 13.7. The van der Waals surface area contributed by atoms with Gasteiger partial charge in [0, 0.05) is 18.2 Å². The first-order valence-electron chi connectivity index (χ1n) is 6.99. The predicted octanol–water partition coefficient (Wildman–Crippen LogP) is 2.85. The lowest BCUT2D eigenvalue weighted by molar-refractivity contribution is 0.0642. The smallest absolute Gasteiger partial charge is 0.254 e. The molecule has 0 atom stereocenters. The van der Waals surface area contributed by atoms with Gasteiger partial charge in [-0.05, 0) is 56.6 Å². The quantitative estimate of drug-likeness (QED) is 0.927. The molecule has 1 heterocycles. The van der Waals surface area contributed by atoms with Gasteiger partial charge in [-0.1, -0.05) is 6.92 Å². The van der Waals surface area contributed by atoms with Crippen molar-refractivity contribution in [2.45, 2.75) is 32.2 Å². The van der Waals surface area contributed by atoms with Crippen molar-refractivity contribution in [1.82, 2.24) is 10.2 Å². The lowest BCUT2D eigenvalue weighted by Gasteiger charge is -2.34. The summed E-state index contributed by atoms with van der Waals surface area (Å²) < 4.78 is 12.9. The van der Waals surface area contributed by atoms with Crippen LogP contribution in [0.15, 0.2) is 24.3 Å². The van der Waals surface area contributed by atoms with Crippen LogP contribution in [0.3, 0.4) is 0 Å². The molecular weight excluding hydrogens is 279 g/mol. The number of amides is 1. The third-order valence-electron chi connectivity index (χ3n) is 3.57. The molecular formula is C15H22ClFN2O. The Morgan fingerprint density at radius 1 is 1.30 bits per heavy atom. The van der Waals surface area contributed by atoms with Crippen LogP contribution in [-0.2, 0) is 0 Å². The van der Waals surface area contributed by atoms with E-state index >= 15 is 0 Å². The zero-order valence-electron chi connectivity index (χ0n) is 11.8. The molecule has 1 fully saturated rings. The van der Waals surface area contributed by atoms with Gasteiger partial charge in [-0.15, -0.1) is 12.4 Å². The fourth-order valence-corrected chi connectivity index (χ4v) is 2.57. The van der Waals surface area contributed by atoms with Crippen LogP contribution in [-0.4, -0.2) is 36.5 Å². The molecule has 3 nitrogen and oxygen atoms in total. The van der Waals surface area contributed by atoms with Gasteiger partial charge in [0.15, 0.2) is 0 Å². The molecule has 2 rings (SSSR count). The van der Waals surface area contributed by atoms with Crippen molar-refractivity contribution in [2.75, 3.05) is 19.6 Å². The van der Waals surface area contributed by atoms with Crippen LogP contribution >= 0.6 is 12.4 Å². The van der Waals surface area contributed by atoms with E-state index in [0.29, 0.717) is 11.6 Å². The summed E-state index contributed by atoms with van der Waals surface area (Å²) >= 11 is 0. The summed E-state index contributed by atoms with van der Waals surface area (Å²) in [5.41, 5.74) is 0.577. The summed E-state index contributed by atoms with van der Waals surface area (Å²) in [5.74, 6) is -0.283. The lowest BCUT2D eigenvalue weighted by atomic mass is 10.0. The lowest BCUT2D eigenvalue weighted by Crippen LogP contribution is -2.46. The maximum atomic E-state index is 12.9. The molecule has 1 aliphatic heterocycles. The van der Waals surface area contributed by atoms with E-state index in [2.05, 4.69) is 12.2 Å². The number of nitrogens with zero attached hydrogens (tertiary/aromatic N) is 1. The number of carbonyl (C=O) groups is 1. The second-order valence-corrected chi connectivity index (χ2v) is 4.99. The third-order valence-corrected chi connectivity index (χ3v) is 3.57. The van der Waals surface area contributed by atoms with Gasteiger partial charge in [-0.25, -0.2) is 4.39 Å². The molecule has 1 aromatic rings. The Balaban J connectivity index is 0.00000200.